The number of aliphatic carboxylic acids is 1. The third-order valence-corrected chi connectivity index (χ3v) is 3.76. The molecule has 0 bridgehead atoms. The smallest absolute Gasteiger partial charge is 0.341 e. The molecule has 5 nitrogen and oxygen atoms in total. The van der Waals surface area contributed by atoms with E-state index in [1.165, 1.54) is 38.5 Å². The van der Waals surface area contributed by atoms with Crippen LogP contribution in [-0.4, -0.2) is 23.6 Å². The van der Waals surface area contributed by atoms with Crippen molar-refractivity contribution in [3.63, 3.8) is 0 Å². The first-order valence-corrected chi connectivity index (χ1v) is 8.86. The highest BCUT2D eigenvalue weighted by molar-refractivity contribution is 5.90. The summed E-state index contributed by atoms with van der Waals surface area (Å²) in [6.07, 6.45) is 10.2. The number of unbranched alkanes of at least 4 members (excludes halogenated alkanes) is 7. The van der Waals surface area contributed by atoms with Crippen molar-refractivity contribution in [3.05, 3.63) is 24.3 Å². The first-order chi connectivity index (χ1) is 11.6. The fraction of sp³-hybridized carbons (Fsp3) is 0.579. The molecule has 2 N–H and O–H groups in total. The fourth-order valence-corrected chi connectivity index (χ4v) is 2.42. The molecule has 134 valence electrons. The zero-order chi connectivity index (χ0) is 17.6. The largest absolute Gasteiger partial charge is 0.482 e. The highest BCUT2D eigenvalue weighted by Gasteiger charge is 2.03. The van der Waals surface area contributed by atoms with Gasteiger partial charge in [0.15, 0.2) is 6.61 Å². The van der Waals surface area contributed by atoms with E-state index in [1.807, 2.05) is 0 Å². The van der Waals surface area contributed by atoms with Gasteiger partial charge in [0.1, 0.15) is 5.75 Å². The summed E-state index contributed by atoms with van der Waals surface area (Å²) in [5.41, 5.74) is 0.697. The van der Waals surface area contributed by atoms with E-state index >= 15 is 0 Å². The van der Waals surface area contributed by atoms with Crippen molar-refractivity contribution in [2.45, 2.75) is 64.7 Å². The summed E-state index contributed by atoms with van der Waals surface area (Å²) in [5.74, 6) is -0.531. The molecule has 0 aliphatic heterocycles. The molecule has 0 saturated carbocycles. The average molecular weight is 335 g/mol. The number of hydrogen-bond acceptors (Lipinski definition) is 3. The molecule has 0 aliphatic rings. The van der Waals surface area contributed by atoms with Gasteiger partial charge in [-0.3, -0.25) is 4.79 Å². The molecule has 0 radical (unpaired) electrons. The predicted octanol–water partition coefficient (Wildman–Crippen LogP) is 4.62. The minimum atomic E-state index is -1.02. The molecule has 24 heavy (non-hydrogen) atoms. The van der Waals surface area contributed by atoms with Crippen molar-refractivity contribution in [2.24, 2.45) is 0 Å². The maximum atomic E-state index is 11.9. The second-order valence-electron chi connectivity index (χ2n) is 5.98. The summed E-state index contributed by atoms with van der Waals surface area (Å²) in [4.78, 5) is 22.3. The molecule has 1 amide bonds. The Morgan fingerprint density at radius 2 is 1.54 bits per heavy atom. The van der Waals surface area contributed by atoms with E-state index in [9.17, 15) is 9.59 Å². The van der Waals surface area contributed by atoms with Crippen molar-refractivity contribution in [1.82, 2.24) is 0 Å². The lowest BCUT2D eigenvalue weighted by atomic mass is 10.1. The minimum absolute atomic E-state index is 0.0141. The molecule has 1 aromatic carbocycles. The van der Waals surface area contributed by atoms with Crippen LogP contribution in [0.2, 0.25) is 0 Å². The lowest BCUT2D eigenvalue weighted by Crippen LogP contribution is -2.11. The number of amides is 1. The average Bonchev–Trinajstić information content (AvgIpc) is 2.56. The van der Waals surface area contributed by atoms with Crippen LogP contribution in [0.15, 0.2) is 24.3 Å². The van der Waals surface area contributed by atoms with E-state index in [2.05, 4.69) is 12.2 Å². The van der Waals surface area contributed by atoms with Crippen molar-refractivity contribution in [2.75, 3.05) is 11.9 Å². The van der Waals surface area contributed by atoms with Gasteiger partial charge in [-0.25, -0.2) is 4.79 Å². The topological polar surface area (TPSA) is 75.6 Å². The van der Waals surface area contributed by atoms with Crippen LogP contribution in [0.5, 0.6) is 5.75 Å². The number of carboxylic acid groups (broad SMARTS) is 1. The van der Waals surface area contributed by atoms with Gasteiger partial charge in [-0.05, 0) is 30.7 Å². The summed E-state index contributed by atoms with van der Waals surface area (Å²) < 4.78 is 5.04. The van der Waals surface area contributed by atoms with E-state index in [1.54, 1.807) is 24.3 Å². The number of rotatable bonds is 13. The number of carboxylic acids is 1. The third kappa shape index (κ3) is 9.87. The Morgan fingerprint density at radius 3 is 2.12 bits per heavy atom. The van der Waals surface area contributed by atoms with Crippen molar-refractivity contribution in [3.8, 4) is 5.75 Å². The molecule has 0 fully saturated rings. The van der Waals surface area contributed by atoms with E-state index in [0.29, 0.717) is 17.9 Å². The SMILES string of the molecule is CCCCCCCCCCC(=O)Nc1ccc(OCC(=O)O)cc1. The van der Waals surface area contributed by atoms with Gasteiger partial charge in [-0.1, -0.05) is 51.9 Å². The number of ether oxygens (including phenoxy) is 1. The van der Waals surface area contributed by atoms with E-state index in [4.69, 9.17) is 9.84 Å². The Balaban J connectivity index is 2.13. The quantitative estimate of drug-likeness (QED) is 0.516. The van der Waals surface area contributed by atoms with Gasteiger partial charge in [0.2, 0.25) is 5.91 Å². The Morgan fingerprint density at radius 1 is 0.958 bits per heavy atom. The van der Waals surface area contributed by atoms with E-state index in [0.717, 1.165) is 12.8 Å². The standard InChI is InChI=1S/C19H29NO4/c1-2-3-4-5-6-7-8-9-10-18(21)20-16-11-13-17(14-12-16)24-15-19(22)23/h11-14H,2-10,15H2,1H3,(H,20,21)(H,22,23). The Labute approximate surface area is 144 Å². The molecule has 0 spiro atoms. The third-order valence-electron chi connectivity index (χ3n) is 3.76. The van der Waals surface area contributed by atoms with Crippen LogP contribution in [0, 0.1) is 0 Å². The van der Waals surface area contributed by atoms with Gasteiger partial charge >= 0.3 is 5.97 Å². The number of anilines is 1. The molecule has 1 rings (SSSR count). The van der Waals surface area contributed by atoms with Gasteiger partial charge in [0.05, 0.1) is 0 Å². The lowest BCUT2D eigenvalue weighted by Gasteiger charge is -2.07. The number of hydrogen-bond donors (Lipinski definition) is 2. The Hall–Kier alpha value is -2.04. The molecule has 0 unspecified atom stereocenters. The Kier molecular flexibility index (Phi) is 10.3. The summed E-state index contributed by atoms with van der Waals surface area (Å²) in [5, 5.41) is 11.4. The minimum Gasteiger partial charge on any atom is -0.482 e. The van der Waals surface area contributed by atoms with Crippen LogP contribution < -0.4 is 10.1 Å². The van der Waals surface area contributed by atoms with Crippen LogP contribution in [0.3, 0.4) is 0 Å². The van der Waals surface area contributed by atoms with E-state index < -0.39 is 5.97 Å². The highest BCUT2D eigenvalue weighted by Crippen LogP contribution is 2.16. The summed E-state index contributed by atoms with van der Waals surface area (Å²) in [6.45, 7) is 1.85. The molecule has 0 heterocycles. The Bertz CT molecular complexity index is 485. The number of carbonyl (C=O) groups is 2. The molecule has 5 heteroatoms. The first-order valence-electron chi connectivity index (χ1n) is 8.86. The van der Waals surface area contributed by atoms with Gasteiger partial charge in [0.25, 0.3) is 0 Å². The molecule has 0 aromatic heterocycles. The van der Waals surface area contributed by atoms with Crippen molar-refractivity contribution in [1.29, 1.82) is 0 Å². The van der Waals surface area contributed by atoms with Crippen LogP contribution in [0.4, 0.5) is 5.69 Å². The molecular weight excluding hydrogens is 306 g/mol. The monoisotopic (exact) mass is 335 g/mol. The van der Waals surface area contributed by atoms with Gasteiger partial charge in [-0.15, -0.1) is 0 Å². The van der Waals surface area contributed by atoms with Gasteiger partial charge in [-0.2, -0.15) is 0 Å². The van der Waals surface area contributed by atoms with Crippen LogP contribution in [0.25, 0.3) is 0 Å². The van der Waals surface area contributed by atoms with Gasteiger partial charge in [0, 0.05) is 12.1 Å². The van der Waals surface area contributed by atoms with Crippen LogP contribution in [-0.2, 0) is 9.59 Å². The molecule has 0 saturated heterocycles. The number of carbonyl (C=O) groups excluding carboxylic acids is 1. The molecule has 1 aromatic rings. The maximum absolute atomic E-state index is 11.9. The lowest BCUT2D eigenvalue weighted by molar-refractivity contribution is -0.139. The normalized spacial score (nSPS) is 10.4. The summed E-state index contributed by atoms with van der Waals surface area (Å²) in [7, 11) is 0. The second kappa shape index (κ2) is 12.4. The van der Waals surface area contributed by atoms with Crippen LogP contribution >= 0.6 is 0 Å². The van der Waals surface area contributed by atoms with Crippen molar-refractivity contribution >= 4 is 17.6 Å². The molecular formula is C19H29NO4. The predicted molar refractivity (Wildman–Crippen MR) is 95.4 cm³/mol. The zero-order valence-electron chi connectivity index (χ0n) is 14.6. The number of nitrogens with one attached hydrogen (secondary N) is 1. The maximum Gasteiger partial charge on any atom is 0.341 e. The van der Waals surface area contributed by atoms with Gasteiger partial charge < -0.3 is 15.2 Å². The molecule has 0 aliphatic carbocycles. The summed E-state index contributed by atoms with van der Waals surface area (Å²) in [6, 6.07) is 6.72. The summed E-state index contributed by atoms with van der Waals surface area (Å²) >= 11 is 0. The van der Waals surface area contributed by atoms with E-state index in [-0.39, 0.29) is 12.5 Å². The number of benzene rings is 1. The molecule has 0 atom stereocenters. The fourth-order valence-electron chi connectivity index (χ4n) is 2.42. The zero-order valence-corrected chi connectivity index (χ0v) is 14.6. The highest BCUT2D eigenvalue weighted by atomic mass is 16.5. The van der Waals surface area contributed by atoms with Crippen molar-refractivity contribution < 1.29 is 19.4 Å². The second-order valence-corrected chi connectivity index (χ2v) is 5.98. The van der Waals surface area contributed by atoms with Crippen LogP contribution in [0.1, 0.15) is 64.7 Å². The first kappa shape index (κ1) is 20.0.